The highest BCUT2D eigenvalue weighted by molar-refractivity contribution is 7.22. The van der Waals surface area contributed by atoms with E-state index in [0.717, 1.165) is 10.2 Å². The lowest BCUT2D eigenvalue weighted by atomic mass is 10.1. The molecule has 0 saturated carbocycles. The third-order valence-corrected chi connectivity index (χ3v) is 5.71. The van der Waals surface area contributed by atoms with E-state index in [-0.39, 0.29) is 12.5 Å². The molecule has 0 atom stereocenters. The van der Waals surface area contributed by atoms with Crippen LogP contribution < -0.4 is 19.1 Å². The average Bonchev–Trinajstić information content (AvgIpc) is 3.47. The molecule has 4 aromatic rings. The molecule has 0 bridgehead atoms. The molecule has 0 saturated heterocycles. The van der Waals surface area contributed by atoms with Crippen LogP contribution in [0, 0.1) is 0 Å². The molecule has 0 aliphatic heterocycles. The fourth-order valence-corrected chi connectivity index (χ4v) is 4.19. The highest BCUT2D eigenvalue weighted by atomic mass is 32.1. The average molecular weight is 439 g/mol. The normalized spacial score (nSPS) is 10.8. The molecule has 0 spiro atoms. The SMILES string of the molecule is CCOc1cccc2sc(N(Cc3ccco3)C(=O)c3ccc(OC)c(OC)c3)nc12. The molecule has 0 radical (unpaired) electrons. The number of thiazole rings is 1. The molecule has 0 fully saturated rings. The van der Waals surface area contributed by atoms with E-state index in [0.29, 0.717) is 40.3 Å². The van der Waals surface area contributed by atoms with Gasteiger partial charge in [0.25, 0.3) is 5.91 Å². The van der Waals surface area contributed by atoms with Gasteiger partial charge in [-0.15, -0.1) is 0 Å². The van der Waals surface area contributed by atoms with Crippen LogP contribution in [0.1, 0.15) is 23.0 Å². The summed E-state index contributed by atoms with van der Waals surface area (Å²) in [4.78, 5) is 19.9. The maximum Gasteiger partial charge on any atom is 0.260 e. The molecular formula is C23H22N2O5S. The summed E-state index contributed by atoms with van der Waals surface area (Å²) in [6.45, 7) is 2.70. The number of methoxy groups -OCH3 is 2. The first kappa shape index (κ1) is 20.7. The second-order valence-electron chi connectivity index (χ2n) is 6.57. The number of rotatable bonds is 8. The number of hydrogen-bond donors (Lipinski definition) is 0. The van der Waals surface area contributed by atoms with Crippen LogP contribution in [-0.4, -0.2) is 31.7 Å². The van der Waals surface area contributed by atoms with Crippen LogP contribution >= 0.6 is 11.3 Å². The van der Waals surface area contributed by atoms with Gasteiger partial charge in [0.15, 0.2) is 16.6 Å². The van der Waals surface area contributed by atoms with Crippen molar-refractivity contribution in [2.24, 2.45) is 0 Å². The zero-order chi connectivity index (χ0) is 21.8. The van der Waals surface area contributed by atoms with Gasteiger partial charge >= 0.3 is 0 Å². The van der Waals surface area contributed by atoms with E-state index in [9.17, 15) is 4.79 Å². The van der Waals surface area contributed by atoms with E-state index in [2.05, 4.69) is 0 Å². The van der Waals surface area contributed by atoms with Crippen molar-refractivity contribution < 1.29 is 23.4 Å². The van der Waals surface area contributed by atoms with Crippen molar-refractivity contribution >= 4 is 32.6 Å². The van der Waals surface area contributed by atoms with Crippen LogP contribution in [0.15, 0.2) is 59.2 Å². The molecule has 8 heteroatoms. The van der Waals surface area contributed by atoms with Gasteiger partial charge in [-0.2, -0.15) is 0 Å². The van der Waals surface area contributed by atoms with Crippen molar-refractivity contribution in [3.63, 3.8) is 0 Å². The second-order valence-corrected chi connectivity index (χ2v) is 7.58. The molecule has 4 rings (SSSR count). The first-order chi connectivity index (χ1) is 15.1. The number of furan rings is 1. The first-order valence-corrected chi connectivity index (χ1v) is 10.5. The van der Waals surface area contributed by atoms with E-state index >= 15 is 0 Å². The van der Waals surface area contributed by atoms with Gasteiger partial charge in [0.05, 0.1) is 38.3 Å². The number of aromatic nitrogens is 1. The first-order valence-electron chi connectivity index (χ1n) is 9.73. The van der Waals surface area contributed by atoms with Gasteiger partial charge in [0.1, 0.15) is 17.0 Å². The smallest absolute Gasteiger partial charge is 0.260 e. The highest BCUT2D eigenvalue weighted by Gasteiger charge is 2.24. The largest absolute Gasteiger partial charge is 0.493 e. The van der Waals surface area contributed by atoms with E-state index in [1.807, 2.05) is 31.2 Å². The van der Waals surface area contributed by atoms with Gasteiger partial charge in [-0.25, -0.2) is 4.98 Å². The fourth-order valence-electron chi connectivity index (χ4n) is 3.21. The number of nitrogens with zero attached hydrogens (tertiary/aromatic N) is 2. The summed E-state index contributed by atoms with van der Waals surface area (Å²) in [6, 6.07) is 14.5. The summed E-state index contributed by atoms with van der Waals surface area (Å²) in [6.07, 6.45) is 1.58. The van der Waals surface area contributed by atoms with Crippen molar-refractivity contribution in [1.29, 1.82) is 0 Å². The van der Waals surface area contributed by atoms with Gasteiger partial charge in [-0.3, -0.25) is 9.69 Å². The fraction of sp³-hybridized carbons (Fsp3) is 0.217. The molecule has 2 heterocycles. The monoisotopic (exact) mass is 438 g/mol. The number of anilines is 1. The summed E-state index contributed by atoms with van der Waals surface area (Å²) in [5.74, 6) is 2.15. The minimum Gasteiger partial charge on any atom is -0.493 e. The Balaban J connectivity index is 1.77. The van der Waals surface area contributed by atoms with Crippen LogP contribution in [0.2, 0.25) is 0 Å². The second kappa shape index (κ2) is 9.09. The molecule has 1 amide bonds. The number of amides is 1. The third-order valence-electron chi connectivity index (χ3n) is 4.67. The Morgan fingerprint density at radius 2 is 1.90 bits per heavy atom. The Morgan fingerprint density at radius 3 is 2.61 bits per heavy atom. The van der Waals surface area contributed by atoms with Crippen molar-refractivity contribution in [3.05, 3.63) is 66.1 Å². The summed E-state index contributed by atoms with van der Waals surface area (Å²) in [7, 11) is 3.09. The number of benzene rings is 2. The van der Waals surface area contributed by atoms with Crippen LogP contribution in [-0.2, 0) is 6.54 Å². The number of hydrogen-bond acceptors (Lipinski definition) is 7. The number of carbonyl (C=O) groups is 1. The summed E-state index contributed by atoms with van der Waals surface area (Å²) in [5.41, 5.74) is 1.18. The maximum absolute atomic E-state index is 13.6. The van der Waals surface area contributed by atoms with Crippen molar-refractivity contribution in [3.8, 4) is 17.2 Å². The predicted octanol–water partition coefficient (Wildman–Crippen LogP) is 5.15. The minimum absolute atomic E-state index is 0.227. The lowest BCUT2D eigenvalue weighted by Gasteiger charge is -2.19. The topological polar surface area (TPSA) is 74.0 Å². The lowest BCUT2D eigenvalue weighted by molar-refractivity contribution is 0.0983. The van der Waals surface area contributed by atoms with Crippen molar-refractivity contribution in [2.45, 2.75) is 13.5 Å². The molecular weight excluding hydrogens is 416 g/mol. The molecule has 7 nitrogen and oxygen atoms in total. The summed E-state index contributed by atoms with van der Waals surface area (Å²) < 4.78 is 22.8. The van der Waals surface area contributed by atoms with Gasteiger partial charge in [0, 0.05) is 5.56 Å². The highest BCUT2D eigenvalue weighted by Crippen LogP contribution is 2.36. The van der Waals surface area contributed by atoms with Crippen LogP contribution in [0.25, 0.3) is 10.2 Å². The van der Waals surface area contributed by atoms with Gasteiger partial charge in [-0.05, 0) is 49.4 Å². The van der Waals surface area contributed by atoms with E-state index < -0.39 is 0 Å². The Kier molecular flexibility index (Phi) is 6.08. The summed E-state index contributed by atoms with van der Waals surface area (Å²) >= 11 is 1.42. The number of carbonyl (C=O) groups excluding carboxylic acids is 1. The van der Waals surface area contributed by atoms with Gasteiger partial charge in [0.2, 0.25) is 0 Å². The van der Waals surface area contributed by atoms with Crippen LogP contribution in [0.5, 0.6) is 17.2 Å². The number of ether oxygens (including phenoxy) is 3. The van der Waals surface area contributed by atoms with Crippen molar-refractivity contribution in [2.75, 3.05) is 25.7 Å². The molecule has 2 aromatic carbocycles. The standard InChI is InChI=1S/C23H22N2O5S/c1-4-29-18-8-5-9-20-21(18)24-23(31-20)25(14-16-7-6-12-30-16)22(26)15-10-11-17(27-2)19(13-15)28-3/h5-13H,4,14H2,1-3H3. The van der Waals surface area contributed by atoms with E-state index in [1.165, 1.54) is 18.4 Å². The number of para-hydroxylation sites is 1. The van der Waals surface area contributed by atoms with Crippen LogP contribution in [0.3, 0.4) is 0 Å². The van der Waals surface area contributed by atoms with Gasteiger partial charge < -0.3 is 18.6 Å². The zero-order valence-corrected chi connectivity index (χ0v) is 18.3. The van der Waals surface area contributed by atoms with Crippen LogP contribution in [0.4, 0.5) is 5.13 Å². The molecule has 160 valence electrons. The maximum atomic E-state index is 13.6. The molecule has 0 unspecified atom stereocenters. The lowest BCUT2D eigenvalue weighted by Crippen LogP contribution is -2.30. The van der Waals surface area contributed by atoms with E-state index in [4.69, 9.17) is 23.6 Å². The van der Waals surface area contributed by atoms with Crippen molar-refractivity contribution in [1.82, 2.24) is 4.98 Å². The zero-order valence-electron chi connectivity index (χ0n) is 17.5. The molecule has 0 aliphatic rings. The van der Waals surface area contributed by atoms with Gasteiger partial charge in [-0.1, -0.05) is 17.4 Å². The Morgan fingerprint density at radius 1 is 1.06 bits per heavy atom. The molecule has 0 N–H and O–H groups in total. The Bertz CT molecular complexity index is 1190. The summed E-state index contributed by atoms with van der Waals surface area (Å²) in [5, 5.41) is 0.554. The Labute approximate surface area is 183 Å². The minimum atomic E-state index is -0.227. The molecule has 0 aliphatic carbocycles. The van der Waals surface area contributed by atoms with E-state index in [1.54, 1.807) is 42.5 Å². The molecule has 2 aromatic heterocycles. The Hall–Kier alpha value is -3.52. The third kappa shape index (κ3) is 4.20. The predicted molar refractivity (Wildman–Crippen MR) is 120 cm³/mol. The molecule has 31 heavy (non-hydrogen) atoms. The number of fused-ring (bicyclic) bond motifs is 1. The quantitative estimate of drug-likeness (QED) is 0.379.